The summed E-state index contributed by atoms with van der Waals surface area (Å²) >= 11 is 0. The number of rotatable bonds is 7. The first-order valence-corrected chi connectivity index (χ1v) is 11.2. The normalized spacial score (nSPS) is 16.3. The highest BCUT2D eigenvalue weighted by molar-refractivity contribution is 5.69. The minimum absolute atomic E-state index is 0.0985. The lowest BCUT2D eigenvalue weighted by molar-refractivity contribution is 0.229. The van der Waals surface area contributed by atoms with Gasteiger partial charge in [-0.15, -0.1) is 0 Å². The molecule has 32 heavy (non-hydrogen) atoms. The van der Waals surface area contributed by atoms with Gasteiger partial charge in [0.25, 0.3) is 5.56 Å². The SMILES string of the molecule is CCCN(C)C1CC=C(c2ccc3nc(-c4ccc(OC)c(OC)c4)cc(=O)n3c2)CC1. The van der Waals surface area contributed by atoms with Gasteiger partial charge in [-0.25, -0.2) is 4.98 Å². The fourth-order valence-corrected chi connectivity index (χ4v) is 4.45. The van der Waals surface area contributed by atoms with Crippen LogP contribution in [0.3, 0.4) is 0 Å². The molecule has 1 atom stereocenters. The molecule has 1 aliphatic rings. The maximum atomic E-state index is 12.9. The zero-order chi connectivity index (χ0) is 22.7. The maximum absolute atomic E-state index is 12.9. The summed E-state index contributed by atoms with van der Waals surface area (Å²) < 4.78 is 12.3. The van der Waals surface area contributed by atoms with E-state index in [4.69, 9.17) is 14.5 Å². The number of nitrogens with zero attached hydrogens (tertiary/aromatic N) is 3. The third-order valence-electron chi connectivity index (χ3n) is 6.29. The monoisotopic (exact) mass is 433 g/mol. The number of methoxy groups -OCH3 is 2. The van der Waals surface area contributed by atoms with Crippen LogP contribution in [0.4, 0.5) is 0 Å². The Kier molecular flexibility index (Phi) is 6.61. The van der Waals surface area contributed by atoms with Gasteiger partial charge in [0.05, 0.1) is 19.9 Å². The molecule has 6 heteroatoms. The smallest absolute Gasteiger partial charge is 0.258 e. The van der Waals surface area contributed by atoms with Crippen molar-refractivity contribution in [1.29, 1.82) is 0 Å². The Hall–Kier alpha value is -3.12. The molecule has 6 nitrogen and oxygen atoms in total. The summed E-state index contributed by atoms with van der Waals surface area (Å²) in [6.45, 7) is 3.35. The summed E-state index contributed by atoms with van der Waals surface area (Å²) in [5, 5.41) is 0. The molecule has 0 saturated heterocycles. The number of pyridine rings is 1. The Labute approximate surface area is 189 Å². The lowest BCUT2D eigenvalue weighted by Crippen LogP contribution is -2.33. The number of ether oxygens (including phenoxy) is 2. The van der Waals surface area contributed by atoms with E-state index in [9.17, 15) is 4.79 Å². The molecule has 168 valence electrons. The highest BCUT2D eigenvalue weighted by Gasteiger charge is 2.19. The maximum Gasteiger partial charge on any atom is 0.258 e. The van der Waals surface area contributed by atoms with Crippen LogP contribution in [0.25, 0.3) is 22.5 Å². The molecule has 0 spiro atoms. The number of allylic oxidation sites excluding steroid dienone is 1. The van der Waals surface area contributed by atoms with Crippen LogP contribution in [-0.2, 0) is 0 Å². The van der Waals surface area contributed by atoms with Crippen LogP contribution in [0.5, 0.6) is 11.5 Å². The molecule has 0 bridgehead atoms. The second-order valence-corrected chi connectivity index (χ2v) is 8.33. The van der Waals surface area contributed by atoms with Crippen LogP contribution in [-0.4, -0.2) is 48.1 Å². The van der Waals surface area contributed by atoms with Crippen LogP contribution in [0.1, 0.15) is 38.2 Å². The third kappa shape index (κ3) is 4.41. The molecule has 0 aliphatic heterocycles. The van der Waals surface area contributed by atoms with E-state index in [1.165, 1.54) is 12.0 Å². The minimum Gasteiger partial charge on any atom is -0.493 e. The number of aromatic nitrogens is 2. The Balaban J connectivity index is 1.63. The Bertz CT molecular complexity index is 1200. The third-order valence-corrected chi connectivity index (χ3v) is 6.29. The molecule has 0 radical (unpaired) electrons. The molecule has 4 rings (SSSR count). The van der Waals surface area contributed by atoms with E-state index in [0.717, 1.165) is 36.9 Å². The van der Waals surface area contributed by atoms with Gasteiger partial charge in [0, 0.05) is 23.9 Å². The zero-order valence-electron chi connectivity index (χ0n) is 19.3. The largest absolute Gasteiger partial charge is 0.493 e. The van der Waals surface area contributed by atoms with E-state index >= 15 is 0 Å². The van der Waals surface area contributed by atoms with E-state index in [-0.39, 0.29) is 5.56 Å². The molecule has 3 aromatic rings. The molecule has 1 unspecified atom stereocenters. The van der Waals surface area contributed by atoms with Gasteiger partial charge in [0.15, 0.2) is 11.5 Å². The first-order valence-electron chi connectivity index (χ1n) is 11.2. The van der Waals surface area contributed by atoms with Gasteiger partial charge in [-0.1, -0.05) is 13.0 Å². The van der Waals surface area contributed by atoms with Crippen molar-refractivity contribution in [2.24, 2.45) is 0 Å². The predicted octanol–water partition coefficient (Wildman–Crippen LogP) is 4.66. The van der Waals surface area contributed by atoms with Crippen molar-refractivity contribution in [1.82, 2.24) is 14.3 Å². The van der Waals surface area contributed by atoms with Crippen LogP contribution in [0.15, 0.2) is 53.5 Å². The van der Waals surface area contributed by atoms with Gasteiger partial charge in [0.1, 0.15) is 5.65 Å². The summed E-state index contributed by atoms with van der Waals surface area (Å²) in [6.07, 6.45) is 8.65. The second kappa shape index (κ2) is 9.57. The van der Waals surface area contributed by atoms with Crippen molar-refractivity contribution in [3.05, 3.63) is 64.6 Å². The molecule has 1 aromatic carbocycles. The van der Waals surface area contributed by atoms with Crippen molar-refractivity contribution >= 4 is 11.2 Å². The first kappa shape index (κ1) is 22.1. The summed E-state index contributed by atoms with van der Waals surface area (Å²) in [4.78, 5) is 20.1. The van der Waals surface area contributed by atoms with Crippen LogP contribution >= 0.6 is 0 Å². The molecular formula is C26H31N3O3. The summed E-state index contributed by atoms with van der Waals surface area (Å²) in [5.74, 6) is 1.25. The number of benzene rings is 1. The van der Waals surface area contributed by atoms with Crippen molar-refractivity contribution in [2.75, 3.05) is 27.8 Å². The standard InChI is InChI=1S/C26H31N3O3/c1-5-14-28(2)21-10-6-18(7-11-21)20-9-13-25-27-22(16-26(30)29(25)17-20)19-8-12-23(31-3)24(15-19)32-4/h6,8-9,12-13,15-17,21H,5,7,10-11,14H2,1-4H3. The highest BCUT2D eigenvalue weighted by Crippen LogP contribution is 2.32. The molecular weight excluding hydrogens is 402 g/mol. The van der Waals surface area contributed by atoms with Gasteiger partial charge in [-0.2, -0.15) is 0 Å². The number of hydrogen-bond acceptors (Lipinski definition) is 5. The second-order valence-electron chi connectivity index (χ2n) is 8.33. The summed E-state index contributed by atoms with van der Waals surface area (Å²) in [5.41, 5.74) is 4.35. The van der Waals surface area contributed by atoms with Crippen molar-refractivity contribution in [3.63, 3.8) is 0 Å². The van der Waals surface area contributed by atoms with E-state index in [2.05, 4.69) is 31.0 Å². The molecule has 0 N–H and O–H groups in total. The van der Waals surface area contributed by atoms with E-state index in [1.54, 1.807) is 24.7 Å². The van der Waals surface area contributed by atoms with Gasteiger partial charge >= 0.3 is 0 Å². The average molecular weight is 434 g/mol. The molecule has 1 aliphatic carbocycles. The number of fused-ring (bicyclic) bond motifs is 1. The lowest BCUT2D eigenvalue weighted by Gasteiger charge is -2.30. The Morgan fingerprint density at radius 3 is 2.56 bits per heavy atom. The molecule has 0 fully saturated rings. The van der Waals surface area contributed by atoms with Crippen LogP contribution < -0.4 is 15.0 Å². The van der Waals surface area contributed by atoms with Gasteiger partial charge in [-0.05, 0) is 80.7 Å². The van der Waals surface area contributed by atoms with E-state index in [1.807, 2.05) is 30.5 Å². The first-order chi connectivity index (χ1) is 15.5. The summed E-state index contributed by atoms with van der Waals surface area (Å²) in [6, 6.07) is 11.7. The predicted molar refractivity (Wildman–Crippen MR) is 129 cm³/mol. The van der Waals surface area contributed by atoms with Crippen molar-refractivity contribution < 1.29 is 9.47 Å². The molecule has 0 amide bonds. The topological polar surface area (TPSA) is 56.1 Å². The van der Waals surface area contributed by atoms with Gasteiger partial charge in [0.2, 0.25) is 0 Å². The van der Waals surface area contributed by atoms with Crippen molar-refractivity contribution in [3.8, 4) is 22.8 Å². The number of hydrogen-bond donors (Lipinski definition) is 0. The van der Waals surface area contributed by atoms with E-state index < -0.39 is 0 Å². The fraction of sp³-hybridized carbons (Fsp3) is 0.385. The zero-order valence-corrected chi connectivity index (χ0v) is 19.3. The quantitative estimate of drug-likeness (QED) is 0.543. The fourth-order valence-electron chi connectivity index (χ4n) is 4.45. The highest BCUT2D eigenvalue weighted by atomic mass is 16.5. The van der Waals surface area contributed by atoms with Crippen molar-refractivity contribution in [2.45, 2.75) is 38.6 Å². The lowest BCUT2D eigenvalue weighted by atomic mass is 9.90. The molecule has 2 heterocycles. The van der Waals surface area contributed by atoms with Crippen LogP contribution in [0.2, 0.25) is 0 Å². The molecule has 0 saturated carbocycles. The van der Waals surface area contributed by atoms with Crippen LogP contribution in [0, 0.1) is 0 Å². The van der Waals surface area contributed by atoms with Gasteiger partial charge in [-0.3, -0.25) is 9.20 Å². The average Bonchev–Trinajstić information content (AvgIpc) is 2.83. The Morgan fingerprint density at radius 1 is 1.09 bits per heavy atom. The Morgan fingerprint density at radius 2 is 1.88 bits per heavy atom. The van der Waals surface area contributed by atoms with Gasteiger partial charge < -0.3 is 14.4 Å². The minimum atomic E-state index is -0.0985. The summed E-state index contributed by atoms with van der Waals surface area (Å²) in [7, 11) is 5.40. The molecule has 2 aromatic heterocycles. The van der Waals surface area contributed by atoms with E-state index in [0.29, 0.717) is 28.9 Å².